The number of hydrogen-bond acceptors (Lipinski definition) is 1. The van der Waals surface area contributed by atoms with Gasteiger partial charge in [0.2, 0.25) is 0 Å². The van der Waals surface area contributed by atoms with Gasteiger partial charge >= 0.3 is 0 Å². The molecule has 0 heterocycles. The maximum Gasteiger partial charge on any atom is 0.0174 e. The molecule has 0 fully saturated rings. The zero-order chi connectivity index (χ0) is 17.0. The summed E-state index contributed by atoms with van der Waals surface area (Å²) in [5.41, 5.74) is 1.60. The lowest BCUT2D eigenvalue weighted by atomic mass is 9.76. The van der Waals surface area contributed by atoms with Crippen LogP contribution in [0.1, 0.15) is 99.3 Å². The second kappa shape index (κ2) is 12.0. The molecule has 1 atom stereocenters. The van der Waals surface area contributed by atoms with E-state index in [2.05, 4.69) is 53.4 Å². The minimum absolute atomic E-state index is 0.423. The minimum atomic E-state index is 0.423. The number of rotatable bonds is 14. The van der Waals surface area contributed by atoms with Crippen LogP contribution in [0.25, 0.3) is 0 Å². The minimum Gasteiger partial charge on any atom is -0.388 e. The molecule has 0 aliphatic rings. The molecule has 0 aromatic carbocycles. The molecule has 0 aromatic rings. The molecule has 0 rings (SSSR count). The highest BCUT2D eigenvalue weighted by Gasteiger charge is 2.25. The van der Waals surface area contributed by atoms with Crippen LogP contribution in [0.5, 0.6) is 0 Å². The highest BCUT2D eigenvalue weighted by molar-refractivity contribution is 4.95. The van der Waals surface area contributed by atoms with E-state index in [9.17, 15) is 0 Å². The average molecular weight is 310 g/mol. The topological polar surface area (TPSA) is 12.0 Å². The summed E-state index contributed by atoms with van der Waals surface area (Å²) in [5.74, 6) is 1.22. The molecule has 132 valence electrons. The van der Waals surface area contributed by atoms with Crippen LogP contribution in [0.3, 0.4) is 0 Å². The standard InChI is InChI=1S/C21H43N/c1-8-9-10-11-12-13-14-15-16-21(6,7)19(4)17-22-20(5)18(2)3/h18-19,22H,5,8-17H2,1-4,6-7H3. The van der Waals surface area contributed by atoms with Gasteiger partial charge in [-0.3, -0.25) is 0 Å². The lowest BCUT2D eigenvalue weighted by Gasteiger charge is -2.33. The van der Waals surface area contributed by atoms with Crippen LogP contribution < -0.4 is 5.32 Å². The fraction of sp³-hybridized carbons (Fsp3) is 0.905. The molecular weight excluding hydrogens is 266 g/mol. The van der Waals surface area contributed by atoms with Crippen LogP contribution in [-0.2, 0) is 0 Å². The van der Waals surface area contributed by atoms with Gasteiger partial charge in [0.1, 0.15) is 0 Å². The van der Waals surface area contributed by atoms with Crippen molar-refractivity contribution in [2.45, 2.75) is 99.3 Å². The Kier molecular flexibility index (Phi) is 11.8. The van der Waals surface area contributed by atoms with Crippen molar-refractivity contribution in [3.8, 4) is 0 Å². The van der Waals surface area contributed by atoms with Gasteiger partial charge in [-0.25, -0.2) is 0 Å². The van der Waals surface area contributed by atoms with E-state index in [1.807, 2.05) is 0 Å². The molecule has 1 unspecified atom stereocenters. The Labute approximate surface area is 141 Å². The molecule has 0 bridgehead atoms. The maximum atomic E-state index is 4.11. The molecule has 1 heteroatoms. The number of hydrogen-bond donors (Lipinski definition) is 1. The SMILES string of the molecule is C=C(NCC(C)C(C)(C)CCCCCCCCCC)C(C)C. The Morgan fingerprint density at radius 1 is 0.909 bits per heavy atom. The van der Waals surface area contributed by atoms with Crippen LogP contribution in [0.2, 0.25) is 0 Å². The average Bonchev–Trinajstić information content (AvgIpc) is 2.46. The summed E-state index contributed by atoms with van der Waals surface area (Å²) in [6.07, 6.45) is 12.6. The lowest BCUT2D eigenvalue weighted by molar-refractivity contribution is 0.201. The zero-order valence-electron chi connectivity index (χ0n) is 16.4. The van der Waals surface area contributed by atoms with Crippen LogP contribution >= 0.6 is 0 Å². The largest absolute Gasteiger partial charge is 0.388 e. The quantitative estimate of drug-likeness (QED) is 0.343. The van der Waals surface area contributed by atoms with Crippen molar-refractivity contribution in [2.24, 2.45) is 17.3 Å². The predicted octanol–water partition coefficient (Wildman–Crippen LogP) is 6.94. The summed E-state index contributed by atoms with van der Waals surface area (Å²) in [4.78, 5) is 0. The number of nitrogens with one attached hydrogen (secondary N) is 1. The van der Waals surface area contributed by atoms with Gasteiger partial charge in [0.05, 0.1) is 0 Å². The molecule has 1 nitrogen and oxygen atoms in total. The van der Waals surface area contributed by atoms with Crippen molar-refractivity contribution in [3.05, 3.63) is 12.3 Å². The second-order valence-corrected chi connectivity index (χ2v) is 8.18. The van der Waals surface area contributed by atoms with Crippen LogP contribution in [0.4, 0.5) is 0 Å². The van der Waals surface area contributed by atoms with E-state index in [4.69, 9.17) is 0 Å². The van der Waals surface area contributed by atoms with Crippen LogP contribution in [-0.4, -0.2) is 6.54 Å². The molecule has 0 spiro atoms. The fourth-order valence-corrected chi connectivity index (χ4v) is 2.73. The normalized spacial score (nSPS) is 13.4. The van der Waals surface area contributed by atoms with Gasteiger partial charge in [-0.15, -0.1) is 0 Å². The van der Waals surface area contributed by atoms with Crippen molar-refractivity contribution in [1.29, 1.82) is 0 Å². The van der Waals surface area contributed by atoms with E-state index in [1.165, 1.54) is 63.5 Å². The zero-order valence-corrected chi connectivity index (χ0v) is 16.4. The van der Waals surface area contributed by atoms with E-state index in [1.54, 1.807) is 0 Å². The second-order valence-electron chi connectivity index (χ2n) is 8.18. The van der Waals surface area contributed by atoms with E-state index in [-0.39, 0.29) is 0 Å². The van der Waals surface area contributed by atoms with E-state index in [0.717, 1.165) is 6.54 Å². The molecular formula is C21H43N. The van der Waals surface area contributed by atoms with Gasteiger partial charge in [-0.05, 0) is 23.7 Å². The predicted molar refractivity (Wildman–Crippen MR) is 102 cm³/mol. The maximum absolute atomic E-state index is 4.11. The van der Waals surface area contributed by atoms with Gasteiger partial charge in [0.25, 0.3) is 0 Å². The Hall–Kier alpha value is -0.460. The van der Waals surface area contributed by atoms with E-state index in [0.29, 0.717) is 17.3 Å². The smallest absolute Gasteiger partial charge is 0.0174 e. The third kappa shape index (κ3) is 10.3. The third-order valence-corrected chi connectivity index (χ3v) is 5.34. The first-order chi connectivity index (χ1) is 10.3. The van der Waals surface area contributed by atoms with Crippen LogP contribution in [0, 0.1) is 17.3 Å². The van der Waals surface area contributed by atoms with Gasteiger partial charge in [-0.2, -0.15) is 0 Å². The first-order valence-corrected chi connectivity index (χ1v) is 9.74. The van der Waals surface area contributed by atoms with Gasteiger partial charge in [0.15, 0.2) is 0 Å². The fourth-order valence-electron chi connectivity index (χ4n) is 2.73. The molecule has 0 saturated heterocycles. The molecule has 0 saturated carbocycles. The highest BCUT2D eigenvalue weighted by Crippen LogP contribution is 2.32. The Morgan fingerprint density at radius 2 is 1.41 bits per heavy atom. The Morgan fingerprint density at radius 3 is 1.91 bits per heavy atom. The molecule has 0 aliphatic carbocycles. The van der Waals surface area contributed by atoms with Crippen molar-refractivity contribution in [1.82, 2.24) is 5.32 Å². The van der Waals surface area contributed by atoms with E-state index >= 15 is 0 Å². The van der Waals surface area contributed by atoms with E-state index < -0.39 is 0 Å². The summed E-state index contributed by atoms with van der Waals surface area (Å²) in [6.45, 7) is 19.1. The van der Waals surface area contributed by atoms with Crippen molar-refractivity contribution < 1.29 is 0 Å². The molecule has 0 amide bonds. The van der Waals surface area contributed by atoms with Crippen molar-refractivity contribution in [3.63, 3.8) is 0 Å². The first-order valence-electron chi connectivity index (χ1n) is 9.74. The summed E-state index contributed by atoms with van der Waals surface area (Å²) in [5, 5.41) is 3.52. The summed E-state index contributed by atoms with van der Waals surface area (Å²) < 4.78 is 0. The monoisotopic (exact) mass is 309 g/mol. The number of allylic oxidation sites excluding steroid dienone is 1. The molecule has 0 aliphatic heterocycles. The first kappa shape index (κ1) is 21.5. The summed E-state index contributed by atoms with van der Waals surface area (Å²) in [7, 11) is 0. The number of unbranched alkanes of at least 4 members (excludes halogenated alkanes) is 7. The Balaban J connectivity index is 3.76. The van der Waals surface area contributed by atoms with Crippen molar-refractivity contribution >= 4 is 0 Å². The third-order valence-electron chi connectivity index (χ3n) is 5.34. The van der Waals surface area contributed by atoms with Crippen molar-refractivity contribution in [2.75, 3.05) is 6.54 Å². The summed E-state index contributed by atoms with van der Waals surface area (Å²) in [6, 6.07) is 0. The summed E-state index contributed by atoms with van der Waals surface area (Å²) >= 11 is 0. The van der Waals surface area contributed by atoms with Crippen LogP contribution in [0.15, 0.2) is 12.3 Å². The molecule has 0 aromatic heterocycles. The molecule has 22 heavy (non-hydrogen) atoms. The lowest BCUT2D eigenvalue weighted by Crippen LogP contribution is -2.32. The Bertz CT molecular complexity index is 278. The van der Waals surface area contributed by atoms with Gasteiger partial charge in [-0.1, -0.05) is 99.5 Å². The highest BCUT2D eigenvalue weighted by atomic mass is 14.9. The molecule has 1 N–H and O–H groups in total. The molecule has 0 radical (unpaired) electrons. The van der Waals surface area contributed by atoms with Gasteiger partial charge < -0.3 is 5.32 Å². The van der Waals surface area contributed by atoms with Gasteiger partial charge in [0, 0.05) is 12.2 Å².